The van der Waals surface area contributed by atoms with E-state index in [1.807, 2.05) is 12.1 Å². The van der Waals surface area contributed by atoms with E-state index in [1.54, 1.807) is 7.11 Å². The molecule has 2 bridgehead atoms. The number of rotatable bonds is 1. The van der Waals surface area contributed by atoms with Crippen molar-refractivity contribution in [3.8, 4) is 11.5 Å². The number of para-hydroxylation sites is 2. The molecule has 0 radical (unpaired) electrons. The molecule has 168 valence electrons. The number of carbonyl (C=O) groups excluding carboxylic acids is 1. The first-order valence-electron chi connectivity index (χ1n) is 12.3. The maximum absolute atomic E-state index is 13.0. The number of hydrogen-bond donors (Lipinski definition) is 0. The van der Waals surface area contributed by atoms with Crippen LogP contribution in [0.5, 0.6) is 11.5 Å². The first-order chi connectivity index (χ1) is 14.7. The van der Waals surface area contributed by atoms with Crippen LogP contribution < -0.4 is 9.47 Å². The van der Waals surface area contributed by atoms with E-state index in [0.29, 0.717) is 11.8 Å². The van der Waals surface area contributed by atoms with Gasteiger partial charge in [-0.3, -0.25) is 4.79 Å². The van der Waals surface area contributed by atoms with Gasteiger partial charge >= 0.3 is 5.97 Å². The zero-order valence-electron chi connectivity index (χ0n) is 19.5. The second kappa shape index (κ2) is 5.99. The highest BCUT2D eigenvalue weighted by Crippen LogP contribution is 2.77. The van der Waals surface area contributed by atoms with Crippen LogP contribution in [0.2, 0.25) is 0 Å². The average molecular weight is 425 g/mol. The highest BCUT2D eigenvalue weighted by atomic mass is 16.7. The highest BCUT2D eigenvalue weighted by molar-refractivity contribution is 5.77. The van der Waals surface area contributed by atoms with Crippen molar-refractivity contribution in [2.24, 2.45) is 33.5 Å². The Morgan fingerprint density at radius 2 is 1.61 bits per heavy atom. The third-order valence-electron chi connectivity index (χ3n) is 10.6. The number of esters is 1. The molecule has 0 unspecified atom stereocenters. The summed E-state index contributed by atoms with van der Waals surface area (Å²) in [6, 6.07) is 8.20. The summed E-state index contributed by atoms with van der Waals surface area (Å²) in [5.74, 6) is 2.11. The molecular weight excluding hydrogens is 388 g/mol. The summed E-state index contributed by atoms with van der Waals surface area (Å²) in [7, 11) is 1.55. The van der Waals surface area contributed by atoms with Crippen molar-refractivity contribution in [1.29, 1.82) is 0 Å². The molecule has 31 heavy (non-hydrogen) atoms. The normalized spacial score (nSPS) is 46.3. The van der Waals surface area contributed by atoms with E-state index in [2.05, 4.69) is 32.9 Å². The number of hydrogen-bond acceptors (Lipinski definition) is 4. The number of carbonyl (C=O) groups is 1. The molecule has 6 atom stereocenters. The number of ether oxygens (including phenoxy) is 3. The molecule has 4 heteroatoms. The molecule has 4 saturated carbocycles. The van der Waals surface area contributed by atoms with E-state index in [4.69, 9.17) is 14.2 Å². The van der Waals surface area contributed by atoms with Gasteiger partial charge in [0.2, 0.25) is 0 Å². The van der Waals surface area contributed by atoms with Gasteiger partial charge in [-0.25, -0.2) is 0 Å². The lowest BCUT2D eigenvalue weighted by Gasteiger charge is -2.65. The molecular formula is C27H36O4. The second-order valence-electron chi connectivity index (χ2n) is 12.2. The van der Waals surface area contributed by atoms with E-state index in [1.165, 1.54) is 25.7 Å². The molecule has 6 rings (SSSR count). The zero-order valence-corrected chi connectivity index (χ0v) is 19.5. The van der Waals surface area contributed by atoms with Gasteiger partial charge in [-0.2, -0.15) is 0 Å². The largest absolute Gasteiger partial charge is 0.469 e. The van der Waals surface area contributed by atoms with Gasteiger partial charge in [0.15, 0.2) is 11.5 Å². The molecule has 0 N–H and O–H groups in total. The lowest BCUT2D eigenvalue weighted by atomic mass is 9.40. The molecule has 1 aromatic rings. The minimum absolute atomic E-state index is 0.0121. The number of benzene rings is 1. The van der Waals surface area contributed by atoms with Crippen LogP contribution in [0.3, 0.4) is 0 Å². The summed E-state index contributed by atoms with van der Waals surface area (Å²) in [6.07, 6.45) is 9.95. The van der Waals surface area contributed by atoms with Gasteiger partial charge in [-0.05, 0) is 86.7 Å². The summed E-state index contributed by atoms with van der Waals surface area (Å²) < 4.78 is 19.0. The number of methoxy groups -OCH3 is 1. The third kappa shape index (κ3) is 2.30. The van der Waals surface area contributed by atoms with Crippen LogP contribution in [-0.2, 0) is 9.53 Å². The van der Waals surface area contributed by atoms with Gasteiger partial charge in [-0.15, -0.1) is 0 Å². The molecule has 0 saturated heterocycles. The predicted molar refractivity (Wildman–Crippen MR) is 118 cm³/mol. The van der Waals surface area contributed by atoms with E-state index in [0.717, 1.165) is 43.6 Å². The van der Waals surface area contributed by atoms with Crippen molar-refractivity contribution >= 4 is 5.97 Å². The SMILES string of the molecule is COC(=O)[C@]1(C)CCC[C@@]2(C)[C@@H]3CC[C@]4(C)CC5(Oc6ccccc6O5)[C@@]3(CC[C@@H]21)C4. The topological polar surface area (TPSA) is 44.8 Å². The molecule has 4 aliphatic carbocycles. The Morgan fingerprint density at radius 3 is 2.29 bits per heavy atom. The Kier molecular flexibility index (Phi) is 3.85. The predicted octanol–water partition coefficient (Wildman–Crippen LogP) is 6.13. The Hall–Kier alpha value is -1.71. The van der Waals surface area contributed by atoms with Gasteiger partial charge in [-0.1, -0.05) is 32.4 Å². The third-order valence-corrected chi connectivity index (χ3v) is 10.6. The Bertz CT molecular complexity index is 916. The first-order valence-corrected chi connectivity index (χ1v) is 12.3. The maximum Gasteiger partial charge on any atom is 0.311 e. The fourth-order valence-electron chi connectivity index (χ4n) is 9.57. The maximum atomic E-state index is 13.0. The second-order valence-corrected chi connectivity index (χ2v) is 12.2. The highest BCUT2D eigenvalue weighted by Gasteiger charge is 2.77. The Labute approximate surface area is 186 Å². The van der Waals surface area contributed by atoms with Crippen LogP contribution in [-0.4, -0.2) is 18.9 Å². The molecule has 1 heterocycles. The van der Waals surface area contributed by atoms with Gasteiger partial charge in [0.25, 0.3) is 5.79 Å². The van der Waals surface area contributed by atoms with E-state index in [-0.39, 0.29) is 27.6 Å². The summed E-state index contributed by atoms with van der Waals surface area (Å²) in [4.78, 5) is 13.0. The van der Waals surface area contributed by atoms with Gasteiger partial charge < -0.3 is 14.2 Å². The lowest BCUT2D eigenvalue weighted by Crippen LogP contribution is -2.65. The zero-order chi connectivity index (χ0) is 21.7. The van der Waals surface area contributed by atoms with Crippen molar-refractivity contribution in [3.05, 3.63) is 24.3 Å². The molecule has 1 aromatic carbocycles. The smallest absolute Gasteiger partial charge is 0.311 e. The van der Waals surface area contributed by atoms with Crippen molar-refractivity contribution in [3.63, 3.8) is 0 Å². The van der Waals surface area contributed by atoms with Crippen molar-refractivity contribution in [2.45, 2.75) is 84.3 Å². The Morgan fingerprint density at radius 1 is 0.935 bits per heavy atom. The molecule has 1 aliphatic heterocycles. The van der Waals surface area contributed by atoms with Gasteiger partial charge in [0, 0.05) is 6.42 Å². The molecule has 5 aliphatic rings. The summed E-state index contributed by atoms with van der Waals surface area (Å²) in [5.41, 5.74) is 0.0105. The van der Waals surface area contributed by atoms with Crippen molar-refractivity contribution in [2.75, 3.05) is 7.11 Å². The van der Waals surface area contributed by atoms with E-state index in [9.17, 15) is 4.79 Å². The molecule has 0 amide bonds. The van der Waals surface area contributed by atoms with Crippen LogP contribution in [0.15, 0.2) is 24.3 Å². The molecule has 2 spiro atoms. The fraction of sp³-hybridized carbons (Fsp3) is 0.741. The van der Waals surface area contributed by atoms with E-state index < -0.39 is 5.79 Å². The van der Waals surface area contributed by atoms with Crippen molar-refractivity contribution in [1.82, 2.24) is 0 Å². The minimum atomic E-state index is -0.556. The minimum Gasteiger partial charge on any atom is -0.469 e. The summed E-state index contributed by atoms with van der Waals surface area (Å²) in [6.45, 7) is 7.11. The van der Waals surface area contributed by atoms with E-state index >= 15 is 0 Å². The lowest BCUT2D eigenvalue weighted by molar-refractivity contribution is -0.245. The summed E-state index contributed by atoms with van der Waals surface area (Å²) in [5, 5.41) is 0. The summed E-state index contributed by atoms with van der Waals surface area (Å²) >= 11 is 0. The monoisotopic (exact) mass is 424 g/mol. The Balaban J connectivity index is 1.45. The molecule has 0 aromatic heterocycles. The van der Waals surface area contributed by atoms with Crippen LogP contribution in [0.25, 0.3) is 0 Å². The van der Waals surface area contributed by atoms with Crippen molar-refractivity contribution < 1.29 is 19.0 Å². The van der Waals surface area contributed by atoms with Gasteiger partial charge in [0.05, 0.1) is 17.9 Å². The van der Waals surface area contributed by atoms with Crippen LogP contribution >= 0.6 is 0 Å². The van der Waals surface area contributed by atoms with Crippen LogP contribution in [0.1, 0.15) is 78.6 Å². The molecule has 4 nitrogen and oxygen atoms in total. The first kappa shape index (κ1) is 19.9. The van der Waals surface area contributed by atoms with Crippen LogP contribution in [0.4, 0.5) is 0 Å². The van der Waals surface area contributed by atoms with Gasteiger partial charge in [0.1, 0.15) is 0 Å². The average Bonchev–Trinajstić information content (AvgIpc) is 3.18. The fourth-order valence-corrected chi connectivity index (χ4v) is 9.57. The molecule has 4 fully saturated rings. The standard InChI is InChI=1S/C27H36O4/c1-23-14-10-21-24(2)12-7-13-25(3,22(28)29-4)20(24)11-15-26(21,16-23)27(17-23)30-18-8-5-6-9-19(18)31-27/h5-6,8-9,20-21H,7,10-17H2,1-4H3/t20-,21-,23-,24+,25+,26-/m0/s1. The van der Waals surface area contributed by atoms with Crippen LogP contribution in [0, 0.1) is 33.5 Å². The quantitative estimate of drug-likeness (QED) is 0.509. The number of fused-ring (bicyclic) bond motifs is 4.